The van der Waals surface area contributed by atoms with E-state index in [4.69, 9.17) is 23.2 Å². The predicted molar refractivity (Wildman–Crippen MR) is 109 cm³/mol. The summed E-state index contributed by atoms with van der Waals surface area (Å²) in [5.74, 6) is -2.34. The molecule has 3 aliphatic heterocycles. The number of nitrogens with one attached hydrogen (secondary N) is 2. The number of anilines is 1. The molecule has 150 valence electrons. The average molecular weight is 434 g/mol. The van der Waals surface area contributed by atoms with Gasteiger partial charge in [-0.25, -0.2) is 4.39 Å². The third kappa shape index (κ3) is 2.31. The summed E-state index contributed by atoms with van der Waals surface area (Å²) in [4.78, 5) is 28.5. The van der Waals surface area contributed by atoms with E-state index in [1.165, 1.54) is 6.07 Å². The summed E-state index contributed by atoms with van der Waals surface area (Å²) >= 11 is 12.2. The molecule has 0 radical (unpaired) electrons. The number of carbonyl (C=O) groups is 2. The van der Waals surface area contributed by atoms with Crippen LogP contribution < -0.4 is 10.6 Å². The molecule has 1 unspecified atom stereocenters. The van der Waals surface area contributed by atoms with Gasteiger partial charge in [0.25, 0.3) is 0 Å². The first kappa shape index (κ1) is 18.9. The Morgan fingerprint density at radius 3 is 2.79 bits per heavy atom. The van der Waals surface area contributed by atoms with Crippen molar-refractivity contribution >= 4 is 40.7 Å². The van der Waals surface area contributed by atoms with Crippen LogP contribution in [-0.4, -0.2) is 35.8 Å². The van der Waals surface area contributed by atoms with Gasteiger partial charge in [0, 0.05) is 34.8 Å². The van der Waals surface area contributed by atoms with Crippen LogP contribution in [0.3, 0.4) is 0 Å². The number of hydrogen-bond acceptors (Lipinski definition) is 3. The smallest absolute Gasteiger partial charge is 0.250 e. The molecule has 3 heterocycles. The SMILES string of the molecule is CCN1C2CNC(=O)[C@H]2[C@H](c2cccc(Cl)c2F)[C@]12C(=O)Nc1cc(Cl)ccc12. The van der Waals surface area contributed by atoms with E-state index in [0.29, 0.717) is 29.4 Å². The molecule has 2 fully saturated rings. The van der Waals surface area contributed by atoms with Crippen LogP contribution in [-0.2, 0) is 15.1 Å². The molecule has 0 saturated carbocycles. The van der Waals surface area contributed by atoms with Gasteiger partial charge in [0.05, 0.1) is 10.9 Å². The summed E-state index contributed by atoms with van der Waals surface area (Å²) in [6.07, 6.45) is 0. The Morgan fingerprint density at radius 2 is 2.03 bits per heavy atom. The number of fused-ring (bicyclic) bond motifs is 3. The molecule has 29 heavy (non-hydrogen) atoms. The monoisotopic (exact) mass is 433 g/mol. The van der Waals surface area contributed by atoms with Crippen molar-refractivity contribution in [2.24, 2.45) is 5.92 Å². The molecule has 5 nitrogen and oxygen atoms in total. The Balaban J connectivity index is 1.84. The first-order valence-corrected chi connectivity index (χ1v) is 10.3. The van der Waals surface area contributed by atoms with Gasteiger partial charge in [-0.3, -0.25) is 14.5 Å². The van der Waals surface area contributed by atoms with Gasteiger partial charge in [0.15, 0.2) is 0 Å². The van der Waals surface area contributed by atoms with Crippen molar-refractivity contribution in [2.45, 2.75) is 24.4 Å². The number of hydrogen-bond donors (Lipinski definition) is 2. The van der Waals surface area contributed by atoms with E-state index in [9.17, 15) is 9.59 Å². The van der Waals surface area contributed by atoms with E-state index in [0.717, 1.165) is 0 Å². The Morgan fingerprint density at radius 1 is 1.24 bits per heavy atom. The fraction of sp³-hybridized carbons (Fsp3) is 0.333. The maximum absolute atomic E-state index is 15.2. The summed E-state index contributed by atoms with van der Waals surface area (Å²) in [7, 11) is 0. The zero-order chi connectivity index (χ0) is 20.5. The van der Waals surface area contributed by atoms with Crippen molar-refractivity contribution in [2.75, 3.05) is 18.4 Å². The second-order valence-electron chi connectivity index (χ2n) is 7.66. The number of likely N-dealkylation sites (N-methyl/N-ethyl adjacent to an activating group) is 1. The number of halogens is 3. The maximum atomic E-state index is 15.2. The molecule has 1 spiro atoms. The molecule has 3 aliphatic rings. The van der Waals surface area contributed by atoms with Crippen molar-refractivity contribution in [1.29, 1.82) is 0 Å². The zero-order valence-corrected chi connectivity index (χ0v) is 17.0. The topological polar surface area (TPSA) is 61.4 Å². The quantitative estimate of drug-likeness (QED) is 0.761. The van der Waals surface area contributed by atoms with Gasteiger partial charge in [0.1, 0.15) is 11.4 Å². The molecule has 4 atom stereocenters. The van der Waals surface area contributed by atoms with E-state index in [1.54, 1.807) is 30.3 Å². The van der Waals surface area contributed by atoms with Crippen molar-refractivity contribution in [1.82, 2.24) is 10.2 Å². The Kier molecular flexibility index (Phi) is 4.18. The first-order chi connectivity index (χ1) is 13.9. The fourth-order valence-electron chi connectivity index (χ4n) is 5.55. The van der Waals surface area contributed by atoms with Gasteiger partial charge in [-0.2, -0.15) is 0 Å². The van der Waals surface area contributed by atoms with Crippen molar-refractivity contribution in [3.63, 3.8) is 0 Å². The molecule has 0 aromatic heterocycles. The van der Waals surface area contributed by atoms with Gasteiger partial charge in [-0.1, -0.05) is 48.3 Å². The number of carbonyl (C=O) groups excluding carboxylic acids is 2. The summed E-state index contributed by atoms with van der Waals surface area (Å²) in [5, 5.41) is 6.27. The normalized spacial score (nSPS) is 30.4. The van der Waals surface area contributed by atoms with E-state index in [2.05, 4.69) is 10.6 Å². The van der Waals surface area contributed by atoms with Crippen molar-refractivity contribution < 1.29 is 14.0 Å². The third-order valence-electron chi connectivity index (χ3n) is 6.51. The molecular formula is C21H18Cl2FN3O2. The Bertz CT molecular complexity index is 1060. The highest BCUT2D eigenvalue weighted by Gasteiger charge is 2.69. The first-order valence-electron chi connectivity index (χ1n) is 9.51. The maximum Gasteiger partial charge on any atom is 0.250 e. The average Bonchev–Trinajstić information content (AvgIpc) is 3.29. The molecule has 2 N–H and O–H groups in total. The molecule has 2 amide bonds. The highest BCUT2D eigenvalue weighted by molar-refractivity contribution is 6.31. The highest BCUT2D eigenvalue weighted by Crippen LogP contribution is 2.60. The fourth-order valence-corrected chi connectivity index (χ4v) is 5.91. The Labute approximate surface area is 177 Å². The molecular weight excluding hydrogens is 416 g/mol. The molecule has 2 saturated heterocycles. The summed E-state index contributed by atoms with van der Waals surface area (Å²) in [6.45, 7) is 2.87. The molecule has 0 bridgehead atoms. The molecule has 2 aromatic rings. The van der Waals surface area contributed by atoms with E-state index in [1.807, 2.05) is 11.8 Å². The lowest BCUT2D eigenvalue weighted by Crippen LogP contribution is -2.53. The van der Waals surface area contributed by atoms with Crippen LogP contribution in [0.4, 0.5) is 10.1 Å². The molecule has 5 rings (SSSR count). The molecule has 8 heteroatoms. The van der Waals surface area contributed by atoms with Crippen LogP contribution in [0.15, 0.2) is 36.4 Å². The standard InChI is InChI=1S/C21H18Cl2FN3O2/c1-2-27-15-9-25-19(28)16(15)17(11-4-3-5-13(23)18(11)24)21(27)12-7-6-10(22)8-14(12)26-20(21)29/h3-8,15-17H,2,9H2,1H3,(H,25,28)(H,26,29)/t15?,16-,17+,21-/m1/s1. The summed E-state index contributed by atoms with van der Waals surface area (Å²) in [6, 6.07) is 9.72. The molecule has 0 aliphatic carbocycles. The lowest BCUT2D eigenvalue weighted by atomic mass is 9.71. The van der Waals surface area contributed by atoms with Gasteiger partial charge in [0.2, 0.25) is 11.8 Å². The van der Waals surface area contributed by atoms with Crippen LogP contribution in [0.2, 0.25) is 10.0 Å². The van der Waals surface area contributed by atoms with E-state index < -0.39 is 23.2 Å². The zero-order valence-electron chi connectivity index (χ0n) is 15.5. The van der Waals surface area contributed by atoms with Gasteiger partial charge < -0.3 is 10.6 Å². The summed E-state index contributed by atoms with van der Waals surface area (Å²) < 4.78 is 15.2. The van der Waals surface area contributed by atoms with Gasteiger partial charge in [-0.05, 0) is 30.3 Å². The Hall–Kier alpha value is -2.15. The molecule has 2 aromatic carbocycles. The van der Waals surface area contributed by atoms with Crippen molar-refractivity contribution in [3.8, 4) is 0 Å². The minimum atomic E-state index is -1.21. The number of amides is 2. The van der Waals surface area contributed by atoms with Crippen LogP contribution in [0.5, 0.6) is 0 Å². The third-order valence-corrected chi connectivity index (χ3v) is 7.04. The lowest BCUT2D eigenvalue weighted by Gasteiger charge is -2.39. The lowest BCUT2D eigenvalue weighted by molar-refractivity contribution is -0.128. The second kappa shape index (κ2) is 6.42. The van der Waals surface area contributed by atoms with Crippen LogP contribution in [0.25, 0.3) is 0 Å². The number of benzene rings is 2. The summed E-state index contributed by atoms with van der Waals surface area (Å²) in [5.41, 5.74) is 0.361. The number of nitrogens with zero attached hydrogens (tertiary/aromatic N) is 1. The predicted octanol–water partition coefficient (Wildman–Crippen LogP) is 3.51. The van der Waals surface area contributed by atoms with Crippen LogP contribution >= 0.6 is 23.2 Å². The largest absolute Gasteiger partial charge is 0.354 e. The van der Waals surface area contributed by atoms with Crippen LogP contribution in [0, 0.1) is 11.7 Å². The van der Waals surface area contributed by atoms with Crippen molar-refractivity contribution in [3.05, 3.63) is 63.4 Å². The minimum absolute atomic E-state index is 0.0303. The van der Waals surface area contributed by atoms with E-state index in [-0.39, 0.29) is 28.4 Å². The minimum Gasteiger partial charge on any atom is -0.354 e. The van der Waals surface area contributed by atoms with E-state index >= 15 is 4.39 Å². The number of rotatable bonds is 2. The second-order valence-corrected chi connectivity index (χ2v) is 8.50. The van der Waals surface area contributed by atoms with Gasteiger partial charge in [-0.15, -0.1) is 0 Å². The van der Waals surface area contributed by atoms with Crippen LogP contribution in [0.1, 0.15) is 24.0 Å². The highest BCUT2D eigenvalue weighted by atomic mass is 35.5. The number of likely N-dealkylation sites (tertiary alicyclic amines) is 1. The van der Waals surface area contributed by atoms with Gasteiger partial charge >= 0.3 is 0 Å².